The Morgan fingerprint density at radius 3 is 2.39 bits per heavy atom. The van der Waals surface area contributed by atoms with Gasteiger partial charge in [0, 0.05) is 31.1 Å². The zero-order valence-electron chi connectivity index (χ0n) is 11.4. The average Bonchev–Trinajstić information content (AvgIpc) is 2.35. The van der Waals surface area contributed by atoms with E-state index in [4.69, 9.17) is 0 Å². The molecule has 106 valence electrons. The molecule has 6 heteroatoms. The lowest BCUT2D eigenvalue weighted by atomic mass is 10.2. The van der Waals surface area contributed by atoms with Gasteiger partial charge in [-0.1, -0.05) is 13.3 Å². The number of hydrogen-bond acceptors (Lipinski definition) is 5. The minimum atomic E-state index is -0.240. The molecule has 1 aliphatic heterocycles. The molecule has 0 aromatic carbocycles. The molecule has 0 radical (unpaired) electrons. The Balaban J connectivity index is 1.97. The predicted octanol–water partition coefficient (Wildman–Crippen LogP) is 0.618. The van der Waals surface area contributed by atoms with Crippen molar-refractivity contribution in [2.24, 2.45) is 0 Å². The summed E-state index contributed by atoms with van der Waals surface area (Å²) in [7, 11) is 0. The van der Waals surface area contributed by atoms with Gasteiger partial charge in [-0.2, -0.15) is 0 Å². The number of hydrogen-bond donors (Lipinski definition) is 1. The maximum Gasteiger partial charge on any atom is 0.259 e. The van der Waals surface area contributed by atoms with Gasteiger partial charge < -0.3 is 10.2 Å². The van der Waals surface area contributed by atoms with Gasteiger partial charge in [0.15, 0.2) is 0 Å². The lowest BCUT2D eigenvalue weighted by molar-refractivity contribution is -0.504. The van der Waals surface area contributed by atoms with Crippen molar-refractivity contribution in [2.45, 2.75) is 26.2 Å². The van der Waals surface area contributed by atoms with Crippen LogP contribution in [0.3, 0.4) is 0 Å². The second kappa shape index (κ2) is 9.24. The average molecular weight is 258 g/mol. The van der Waals surface area contributed by atoms with Crippen LogP contribution in [-0.2, 0) is 0 Å². The summed E-state index contributed by atoms with van der Waals surface area (Å²) in [5, 5.41) is 13.7. The lowest BCUT2D eigenvalue weighted by Crippen LogP contribution is -2.47. The van der Waals surface area contributed by atoms with Crippen LogP contribution in [0.15, 0.2) is 0 Å². The molecule has 6 nitrogen and oxygen atoms in total. The van der Waals surface area contributed by atoms with E-state index in [0.29, 0.717) is 0 Å². The van der Waals surface area contributed by atoms with E-state index in [2.05, 4.69) is 17.1 Å². The molecule has 0 aromatic heterocycles. The van der Waals surface area contributed by atoms with E-state index in [1.54, 1.807) is 0 Å². The highest BCUT2D eigenvalue weighted by molar-refractivity contribution is 4.69. The first-order valence-electron chi connectivity index (χ1n) is 6.99. The molecule has 0 spiro atoms. The van der Waals surface area contributed by atoms with Crippen LogP contribution in [0.5, 0.6) is 0 Å². The molecule has 0 bridgehead atoms. The quantitative estimate of drug-likeness (QED) is 0.373. The first kappa shape index (κ1) is 15.3. The Labute approximate surface area is 109 Å². The molecule has 1 saturated heterocycles. The first-order chi connectivity index (χ1) is 8.72. The fourth-order valence-electron chi connectivity index (χ4n) is 2.26. The predicted molar refractivity (Wildman–Crippen MR) is 72.3 cm³/mol. The van der Waals surface area contributed by atoms with Crippen molar-refractivity contribution < 1.29 is 4.92 Å². The van der Waals surface area contributed by atoms with E-state index in [1.807, 2.05) is 4.90 Å². The van der Waals surface area contributed by atoms with Crippen LogP contribution in [0.4, 0.5) is 0 Å². The summed E-state index contributed by atoms with van der Waals surface area (Å²) >= 11 is 0. The van der Waals surface area contributed by atoms with Crippen LogP contribution in [-0.4, -0.2) is 67.2 Å². The summed E-state index contributed by atoms with van der Waals surface area (Å²) in [5.41, 5.74) is 0. The highest BCUT2D eigenvalue weighted by atomic mass is 16.6. The minimum Gasteiger partial charge on any atom is -0.317 e. The summed E-state index contributed by atoms with van der Waals surface area (Å²) in [6.07, 6.45) is 3.75. The monoisotopic (exact) mass is 258 g/mol. The fourth-order valence-corrected chi connectivity index (χ4v) is 2.26. The van der Waals surface area contributed by atoms with Crippen molar-refractivity contribution in [2.75, 3.05) is 52.5 Å². The maximum absolute atomic E-state index is 10.4. The van der Waals surface area contributed by atoms with Crippen molar-refractivity contribution in [1.29, 1.82) is 0 Å². The van der Waals surface area contributed by atoms with Crippen LogP contribution >= 0.6 is 0 Å². The van der Waals surface area contributed by atoms with Crippen molar-refractivity contribution in [3.05, 3.63) is 10.1 Å². The summed E-state index contributed by atoms with van der Waals surface area (Å²) in [5.74, 6) is 0. The van der Waals surface area contributed by atoms with Crippen LogP contribution in [0.1, 0.15) is 26.2 Å². The summed E-state index contributed by atoms with van der Waals surface area (Å²) in [6.45, 7) is 9.05. The molecule has 0 atom stereocenters. The van der Waals surface area contributed by atoms with Gasteiger partial charge in [-0.3, -0.25) is 10.1 Å². The molecular formula is C12H26N4O2. The number of piperazine rings is 1. The minimum absolute atomic E-state index is 0.00345. The smallest absolute Gasteiger partial charge is 0.259 e. The second-order valence-corrected chi connectivity index (χ2v) is 4.85. The largest absolute Gasteiger partial charge is 0.317 e. The molecule has 0 unspecified atom stereocenters. The number of unbranched alkanes of at least 4 members (excludes halogenated alkanes) is 2. The lowest BCUT2D eigenvalue weighted by Gasteiger charge is -2.32. The summed E-state index contributed by atoms with van der Waals surface area (Å²) < 4.78 is 0. The fraction of sp³-hybridized carbons (Fsp3) is 1.00. The van der Waals surface area contributed by atoms with Crippen LogP contribution in [0.2, 0.25) is 0 Å². The molecule has 0 aliphatic carbocycles. The standard InChI is InChI=1S/C12H26N4O2/c1-2-13-6-4-3-5-7-14-8-10-15(11-9-14)12-16(17)18/h13H,2-12H2,1H3. The number of nitrogens with zero attached hydrogens (tertiary/aromatic N) is 3. The zero-order chi connectivity index (χ0) is 13.2. The van der Waals surface area contributed by atoms with Gasteiger partial charge in [-0.15, -0.1) is 0 Å². The van der Waals surface area contributed by atoms with Gasteiger partial charge in [-0.05, 0) is 32.5 Å². The third-order valence-corrected chi connectivity index (χ3v) is 3.36. The van der Waals surface area contributed by atoms with E-state index in [1.165, 1.54) is 19.3 Å². The van der Waals surface area contributed by atoms with E-state index in [-0.39, 0.29) is 11.6 Å². The molecular weight excluding hydrogens is 232 g/mol. The van der Waals surface area contributed by atoms with Crippen LogP contribution in [0, 0.1) is 10.1 Å². The van der Waals surface area contributed by atoms with Gasteiger partial charge in [0.25, 0.3) is 6.67 Å². The Kier molecular flexibility index (Phi) is 7.88. The highest BCUT2D eigenvalue weighted by Gasteiger charge is 2.19. The highest BCUT2D eigenvalue weighted by Crippen LogP contribution is 2.04. The number of nitrogens with one attached hydrogen (secondary N) is 1. The van der Waals surface area contributed by atoms with Gasteiger partial charge in [0.05, 0.1) is 0 Å². The molecule has 1 rings (SSSR count). The topological polar surface area (TPSA) is 61.6 Å². The van der Waals surface area contributed by atoms with Crippen LogP contribution in [0.25, 0.3) is 0 Å². The maximum atomic E-state index is 10.4. The van der Waals surface area contributed by atoms with Gasteiger partial charge in [0.1, 0.15) is 0 Å². The first-order valence-corrected chi connectivity index (χ1v) is 6.99. The molecule has 1 aliphatic rings. The van der Waals surface area contributed by atoms with Crippen LogP contribution < -0.4 is 5.32 Å². The van der Waals surface area contributed by atoms with E-state index < -0.39 is 0 Å². The van der Waals surface area contributed by atoms with Gasteiger partial charge >= 0.3 is 0 Å². The Hall–Kier alpha value is -0.720. The summed E-state index contributed by atoms with van der Waals surface area (Å²) in [4.78, 5) is 14.5. The van der Waals surface area contributed by atoms with Crippen molar-refractivity contribution in [3.8, 4) is 0 Å². The molecule has 0 saturated carbocycles. The molecule has 1 N–H and O–H groups in total. The zero-order valence-corrected chi connectivity index (χ0v) is 11.4. The third-order valence-electron chi connectivity index (χ3n) is 3.36. The second-order valence-electron chi connectivity index (χ2n) is 4.85. The van der Waals surface area contributed by atoms with Gasteiger partial charge in [-0.25, -0.2) is 4.90 Å². The Morgan fingerprint density at radius 1 is 1.11 bits per heavy atom. The number of rotatable bonds is 9. The third kappa shape index (κ3) is 6.88. The summed E-state index contributed by atoms with van der Waals surface area (Å²) in [6, 6.07) is 0. The number of nitro groups is 1. The van der Waals surface area contributed by atoms with E-state index in [9.17, 15) is 10.1 Å². The Bertz CT molecular complexity index is 230. The molecule has 0 amide bonds. The molecule has 18 heavy (non-hydrogen) atoms. The van der Waals surface area contributed by atoms with E-state index in [0.717, 1.165) is 45.8 Å². The molecule has 1 heterocycles. The molecule has 0 aromatic rings. The van der Waals surface area contributed by atoms with Crippen molar-refractivity contribution >= 4 is 0 Å². The molecule has 1 fully saturated rings. The Morgan fingerprint density at radius 2 is 1.78 bits per heavy atom. The van der Waals surface area contributed by atoms with E-state index >= 15 is 0 Å². The van der Waals surface area contributed by atoms with Crippen molar-refractivity contribution in [3.63, 3.8) is 0 Å². The SMILES string of the molecule is CCNCCCCCN1CCN(C[N+](=O)[O-])CC1. The normalized spacial score (nSPS) is 18.1. The van der Waals surface area contributed by atoms with Gasteiger partial charge in [0.2, 0.25) is 0 Å². The van der Waals surface area contributed by atoms with Crippen molar-refractivity contribution in [1.82, 2.24) is 15.1 Å².